The van der Waals surface area contributed by atoms with Crippen LogP contribution >= 0.6 is 0 Å². The first-order valence-corrected chi connectivity index (χ1v) is 4.70. The second kappa shape index (κ2) is 3.80. The highest BCUT2D eigenvalue weighted by atomic mass is 16.7. The molecule has 2 rings (SSSR count). The van der Waals surface area contributed by atoms with Gasteiger partial charge in [0.1, 0.15) is 0 Å². The maximum atomic E-state index is 5.34. The van der Waals surface area contributed by atoms with E-state index in [2.05, 4.69) is 23.2 Å². The molecule has 3 heteroatoms. The van der Waals surface area contributed by atoms with Crippen molar-refractivity contribution in [3.8, 4) is 0 Å². The smallest absolute Gasteiger partial charge is 0.0952 e. The first kappa shape index (κ1) is 9.21. The van der Waals surface area contributed by atoms with Crippen LogP contribution in [0.1, 0.15) is 5.56 Å². The summed E-state index contributed by atoms with van der Waals surface area (Å²) in [6, 6.07) is 8.52. The summed E-state index contributed by atoms with van der Waals surface area (Å²) in [5, 5.41) is 1.91. The number of hydroxylamine groups is 1. The molecule has 1 aromatic carbocycles. The molecule has 0 fully saturated rings. The number of aliphatic imine (C=N–C) groups is 1. The van der Waals surface area contributed by atoms with Crippen molar-refractivity contribution in [3.63, 3.8) is 0 Å². The summed E-state index contributed by atoms with van der Waals surface area (Å²) in [5.74, 6) is 0. The maximum Gasteiger partial charge on any atom is 0.0952 e. The second-order valence-electron chi connectivity index (χ2n) is 3.32. The molecule has 0 N–H and O–H groups in total. The molecule has 1 aromatic rings. The molecule has 0 saturated carbocycles. The van der Waals surface area contributed by atoms with Crippen molar-refractivity contribution >= 4 is 11.9 Å². The lowest BCUT2D eigenvalue weighted by atomic mass is 10.1. The van der Waals surface area contributed by atoms with Crippen LogP contribution in [0.25, 0.3) is 0 Å². The van der Waals surface area contributed by atoms with Crippen LogP contribution < -0.4 is 5.06 Å². The van der Waals surface area contributed by atoms with E-state index >= 15 is 0 Å². The van der Waals surface area contributed by atoms with Gasteiger partial charge in [0.2, 0.25) is 0 Å². The van der Waals surface area contributed by atoms with E-state index in [9.17, 15) is 0 Å². The van der Waals surface area contributed by atoms with Gasteiger partial charge < -0.3 is 0 Å². The van der Waals surface area contributed by atoms with Gasteiger partial charge in [-0.05, 0) is 11.6 Å². The zero-order valence-electron chi connectivity index (χ0n) is 8.47. The highest BCUT2D eigenvalue weighted by Gasteiger charge is 2.27. The molecule has 1 heterocycles. The molecule has 74 valence electrons. The van der Waals surface area contributed by atoms with Gasteiger partial charge in [-0.2, -0.15) is 0 Å². The minimum atomic E-state index is 0.238. The molecular weight excluding hydrogens is 176 g/mol. The number of hydrogen-bond acceptors (Lipinski definition) is 3. The third-order valence-corrected chi connectivity index (χ3v) is 2.48. The molecule has 3 nitrogen and oxygen atoms in total. The van der Waals surface area contributed by atoms with Crippen LogP contribution in [0.5, 0.6) is 0 Å². The molecule has 1 aliphatic rings. The van der Waals surface area contributed by atoms with Gasteiger partial charge in [-0.15, -0.1) is 0 Å². The van der Waals surface area contributed by atoms with Gasteiger partial charge in [0.15, 0.2) is 0 Å². The van der Waals surface area contributed by atoms with E-state index in [0.29, 0.717) is 0 Å². The Hall–Kier alpha value is -1.35. The summed E-state index contributed by atoms with van der Waals surface area (Å²) < 4.78 is 0. The topological polar surface area (TPSA) is 24.8 Å². The summed E-state index contributed by atoms with van der Waals surface area (Å²) in [7, 11) is 3.48. The molecular formula is C11H14N2O. The van der Waals surface area contributed by atoms with Gasteiger partial charge in [0.05, 0.1) is 18.8 Å². The van der Waals surface area contributed by atoms with Crippen molar-refractivity contribution in [1.82, 2.24) is 0 Å². The predicted octanol–water partition coefficient (Wildman–Crippen LogP) is 1.68. The quantitative estimate of drug-likeness (QED) is 0.663. The monoisotopic (exact) mass is 190 g/mol. The Balaban J connectivity index is 2.33. The van der Waals surface area contributed by atoms with Crippen molar-refractivity contribution in [1.29, 1.82) is 0 Å². The van der Waals surface area contributed by atoms with Crippen LogP contribution in [0.2, 0.25) is 0 Å². The van der Waals surface area contributed by atoms with Crippen LogP contribution in [0.4, 0.5) is 5.69 Å². The maximum absolute atomic E-state index is 5.34. The molecule has 14 heavy (non-hydrogen) atoms. The minimum absolute atomic E-state index is 0.238. The van der Waals surface area contributed by atoms with Gasteiger partial charge in [0, 0.05) is 19.7 Å². The average Bonchev–Trinajstić information content (AvgIpc) is 2.55. The molecule has 0 radical (unpaired) electrons. The van der Waals surface area contributed by atoms with Gasteiger partial charge in [-0.25, -0.2) is 5.06 Å². The van der Waals surface area contributed by atoms with Gasteiger partial charge in [-0.3, -0.25) is 9.83 Å². The number of nitrogens with zero attached hydrogens (tertiary/aromatic N) is 2. The zero-order valence-corrected chi connectivity index (χ0v) is 8.47. The van der Waals surface area contributed by atoms with E-state index in [4.69, 9.17) is 4.84 Å². The highest BCUT2D eigenvalue weighted by Crippen LogP contribution is 2.30. The summed E-state index contributed by atoms with van der Waals surface area (Å²) in [5.41, 5.74) is 2.47. The van der Waals surface area contributed by atoms with E-state index in [-0.39, 0.29) is 6.04 Å². The molecule has 0 bridgehead atoms. The summed E-state index contributed by atoms with van der Waals surface area (Å²) in [4.78, 5) is 9.40. The lowest BCUT2D eigenvalue weighted by Crippen LogP contribution is -2.32. The second-order valence-corrected chi connectivity index (χ2v) is 3.32. The predicted molar refractivity (Wildman–Crippen MR) is 57.8 cm³/mol. The summed E-state index contributed by atoms with van der Waals surface area (Å²) >= 11 is 0. The minimum Gasteiger partial charge on any atom is -0.299 e. The normalized spacial score (nSPS) is 20.4. The van der Waals surface area contributed by atoms with E-state index < -0.39 is 0 Å². The Morgan fingerprint density at radius 2 is 2.29 bits per heavy atom. The first-order chi connectivity index (χ1) is 6.86. The number of anilines is 1. The average molecular weight is 190 g/mol. The highest BCUT2D eigenvalue weighted by molar-refractivity contribution is 5.75. The molecule has 0 spiro atoms. The Morgan fingerprint density at radius 1 is 1.50 bits per heavy atom. The Bertz CT molecular complexity index is 349. The Morgan fingerprint density at radius 3 is 3.00 bits per heavy atom. The summed E-state index contributed by atoms with van der Waals surface area (Å²) in [6.45, 7) is 0. The number of fused-ring (bicyclic) bond motifs is 1. The molecule has 0 saturated heterocycles. The van der Waals surface area contributed by atoms with Crippen LogP contribution in [0.15, 0.2) is 29.3 Å². The molecule has 0 aliphatic carbocycles. The Kier molecular flexibility index (Phi) is 2.50. The number of benzene rings is 1. The fraction of sp³-hybridized carbons (Fsp3) is 0.364. The van der Waals surface area contributed by atoms with E-state index in [0.717, 1.165) is 12.1 Å². The first-order valence-electron chi connectivity index (χ1n) is 4.70. The molecule has 0 unspecified atom stereocenters. The van der Waals surface area contributed by atoms with Crippen LogP contribution in [0, 0.1) is 0 Å². The number of para-hydroxylation sites is 1. The van der Waals surface area contributed by atoms with Crippen molar-refractivity contribution in [3.05, 3.63) is 29.8 Å². The van der Waals surface area contributed by atoms with Crippen molar-refractivity contribution < 1.29 is 4.84 Å². The zero-order chi connectivity index (χ0) is 9.97. The summed E-state index contributed by atoms with van der Waals surface area (Å²) in [6.07, 6.45) is 2.89. The third kappa shape index (κ3) is 1.40. The van der Waals surface area contributed by atoms with E-state index in [1.807, 2.05) is 17.3 Å². The molecule has 1 atom stereocenters. The lowest BCUT2D eigenvalue weighted by Gasteiger charge is -2.21. The standard InChI is InChI=1S/C11H14N2O/c1-12-8-10-7-9-5-3-4-6-11(9)13(10)14-2/h3-6,8,10H,7H2,1-2H3/b12-8-/t10-/m0/s1. The fourth-order valence-electron chi connectivity index (χ4n) is 1.90. The number of rotatable bonds is 2. The van der Waals surface area contributed by atoms with Gasteiger partial charge in [0.25, 0.3) is 0 Å². The largest absolute Gasteiger partial charge is 0.299 e. The molecule has 0 aromatic heterocycles. The molecule has 1 aliphatic heterocycles. The van der Waals surface area contributed by atoms with Crippen molar-refractivity contribution in [2.75, 3.05) is 19.2 Å². The molecule has 0 amide bonds. The van der Waals surface area contributed by atoms with Gasteiger partial charge >= 0.3 is 0 Å². The fourth-order valence-corrected chi connectivity index (χ4v) is 1.90. The van der Waals surface area contributed by atoms with Crippen LogP contribution in [-0.2, 0) is 11.3 Å². The van der Waals surface area contributed by atoms with Crippen LogP contribution in [-0.4, -0.2) is 26.4 Å². The SMILES string of the molecule is C/N=C\[C@@H]1Cc2ccccc2N1OC. The lowest BCUT2D eigenvalue weighted by molar-refractivity contribution is 0.163. The van der Waals surface area contributed by atoms with E-state index in [1.54, 1.807) is 14.2 Å². The van der Waals surface area contributed by atoms with Crippen molar-refractivity contribution in [2.45, 2.75) is 12.5 Å². The third-order valence-electron chi connectivity index (χ3n) is 2.48. The number of hydrogen-bond donors (Lipinski definition) is 0. The van der Waals surface area contributed by atoms with E-state index in [1.165, 1.54) is 5.56 Å². The van der Waals surface area contributed by atoms with Crippen molar-refractivity contribution in [2.24, 2.45) is 4.99 Å². The van der Waals surface area contributed by atoms with Crippen LogP contribution in [0.3, 0.4) is 0 Å². The Labute approximate surface area is 84.0 Å². The van der Waals surface area contributed by atoms with Gasteiger partial charge in [-0.1, -0.05) is 18.2 Å².